The number of hydrogen-bond donors (Lipinski definition) is 0. The Morgan fingerprint density at radius 2 is 2.15 bits per heavy atom. The minimum Gasteiger partial charge on any atom is -0.258 e. The normalized spacial score (nSPS) is 10.1. The maximum atomic E-state index is 10.5. The Morgan fingerprint density at radius 1 is 1.54 bits per heavy atom. The largest absolute Gasteiger partial charge is 0.275 e. The highest BCUT2D eigenvalue weighted by Gasteiger charge is 2.14. The predicted octanol–water partition coefficient (Wildman–Crippen LogP) is 3.30. The van der Waals surface area contributed by atoms with Gasteiger partial charge in [-0.05, 0) is 18.6 Å². The van der Waals surface area contributed by atoms with Crippen LogP contribution in [0.1, 0.15) is 11.1 Å². The van der Waals surface area contributed by atoms with E-state index in [4.69, 9.17) is 23.2 Å². The third kappa shape index (κ3) is 2.11. The second-order valence-corrected chi connectivity index (χ2v) is 3.30. The Hall–Kier alpha value is -0.800. The fourth-order valence-electron chi connectivity index (χ4n) is 1.01. The lowest BCUT2D eigenvalue weighted by atomic mass is 10.1. The lowest BCUT2D eigenvalue weighted by molar-refractivity contribution is -0.385. The zero-order valence-electron chi connectivity index (χ0n) is 6.88. The summed E-state index contributed by atoms with van der Waals surface area (Å²) in [5.74, 6) is 0.119. The molecule has 1 aromatic rings. The average molecular weight is 220 g/mol. The van der Waals surface area contributed by atoms with Crippen molar-refractivity contribution in [3.63, 3.8) is 0 Å². The van der Waals surface area contributed by atoms with Gasteiger partial charge in [0.2, 0.25) is 0 Å². The lowest BCUT2D eigenvalue weighted by Gasteiger charge is -2.02. The van der Waals surface area contributed by atoms with Crippen molar-refractivity contribution >= 4 is 28.9 Å². The van der Waals surface area contributed by atoms with E-state index in [1.807, 2.05) is 0 Å². The van der Waals surface area contributed by atoms with Gasteiger partial charge in [0.1, 0.15) is 0 Å². The molecule has 0 aliphatic carbocycles. The number of hydrogen-bond acceptors (Lipinski definition) is 2. The number of halogens is 2. The van der Waals surface area contributed by atoms with Crippen LogP contribution >= 0.6 is 23.2 Å². The molecular formula is C8H7Cl2NO2. The molecule has 0 N–H and O–H groups in total. The quantitative estimate of drug-likeness (QED) is 0.436. The van der Waals surface area contributed by atoms with Gasteiger partial charge < -0.3 is 0 Å². The Morgan fingerprint density at radius 3 is 2.62 bits per heavy atom. The number of nitrogens with zero attached hydrogens (tertiary/aromatic N) is 1. The van der Waals surface area contributed by atoms with Gasteiger partial charge in [-0.15, -0.1) is 11.6 Å². The molecular weight excluding hydrogens is 213 g/mol. The highest BCUT2D eigenvalue weighted by Crippen LogP contribution is 2.27. The van der Waals surface area contributed by atoms with Crippen LogP contribution in [0.15, 0.2) is 12.1 Å². The van der Waals surface area contributed by atoms with E-state index in [1.165, 1.54) is 6.07 Å². The number of aryl methyl sites for hydroxylation is 1. The molecule has 1 rings (SSSR count). The van der Waals surface area contributed by atoms with E-state index in [2.05, 4.69) is 0 Å². The molecule has 0 fully saturated rings. The van der Waals surface area contributed by atoms with Crippen LogP contribution in [0.25, 0.3) is 0 Å². The van der Waals surface area contributed by atoms with E-state index in [0.29, 0.717) is 10.6 Å². The molecule has 0 unspecified atom stereocenters. The van der Waals surface area contributed by atoms with Gasteiger partial charge in [0.05, 0.1) is 15.8 Å². The number of nitro groups is 1. The van der Waals surface area contributed by atoms with Crippen LogP contribution in [-0.2, 0) is 5.88 Å². The van der Waals surface area contributed by atoms with Crippen LogP contribution in [0.3, 0.4) is 0 Å². The van der Waals surface area contributed by atoms with E-state index in [9.17, 15) is 10.1 Å². The molecule has 13 heavy (non-hydrogen) atoms. The zero-order chi connectivity index (χ0) is 10.0. The SMILES string of the molecule is Cc1cc(CCl)c([N+](=O)[O-])cc1Cl. The molecule has 0 aliphatic heterocycles. The molecule has 0 saturated heterocycles. The fourth-order valence-corrected chi connectivity index (χ4v) is 1.38. The summed E-state index contributed by atoms with van der Waals surface area (Å²) in [5.41, 5.74) is 1.27. The number of alkyl halides is 1. The molecule has 0 bridgehead atoms. The molecule has 0 aromatic heterocycles. The summed E-state index contributed by atoms with van der Waals surface area (Å²) in [6.45, 7) is 1.78. The first-order chi connectivity index (χ1) is 6.06. The predicted molar refractivity (Wildman–Crippen MR) is 52.4 cm³/mol. The minimum absolute atomic E-state index is 0.0226. The molecule has 0 radical (unpaired) electrons. The zero-order valence-corrected chi connectivity index (χ0v) is 8.39. The van der Waals surface area contributed by atoms with E-state index in [-0.39, 0.29) is 11.6 Å². The van der Waals surface area contributed by atoms with Crippen molar-refractivity contribution in [2.75, 3.05) is 0 Å². The Bertz CT molecular complexity index is 352. The molecule has 0 heterocycles. The summed E-state index contributed by atoms with van der Waals surface area (Å²) >= 11 is 11.3. The molecule has 0 amide bonds. The molecule has 0 spiro atoms. The van der Waals surface area contributed by atoms with E-state index < -0.39 is 4.92 Å². The van der Waals surface area contributed by atoms with Crippen LogP contribution in [0.2, 0.25) is 5.02 Å². The van der Waals surface area contributed by atoms with Crippen LogP contribution in [-0.4, -0.2) is 4.92 Å². The van der Waals surface area contributed by atoms with Gasteiger partial charge in [0.15, 0.2) is 0 Å². The van der Waals surface area contributed by atoms with E-state index in [1.54, 1.807) is 13.0 Å². The van der Waals surface area contributed by atoms with Crippen molar-refractivity contribution in [2.24, 2.45) is 0 Å². The Labute approximate surface area is 85.4 Å². The molecule has 1 aromatic carbocycles. The van der Waals surface area contributed by atoms with Crippen molar-refractivity contribution in [2.45, 2.75) is 12.8 Å². The van der Waals surface area contributed by atoms with Crippen LogP contribution in [0.4, 0.5) is 5.69 Å². The molecule has 70 valence electrons. The van der Waals surface area contributed by atoms with Crippen molar-refractivity contribution in [3.8, 4) is 0 Å². The maximum absolute atomic E-state index is 10.5. The van der Waals surface area contributed by atoms with E-state index >= 15 is 0 Å². The summed E-state index contributed by atoms with van der Waals surface area (Å²) < 4.78 is 0. The van der Waals surface area contributed by atoms with Gasteiger partial charge in [-0.3, -0.25) is 10.1 Å². The van der Waals surface area contributed by atoms with Crippen molar-refractivity contribution in [1.29, 1.82) is 0 Å². The monoisotopic (exact) mass is 219 g/mol. The number of benzene rings is 1. The van der Waals surface area contributed by atoms with Gasteiger partial charge >= 0.3 is 0 Å². The third-order valence-electron chi connectivity index (χ3n) is 1.70. The van der Waals surface area contributed by atoms with Crippen molar-refractivity contribution in [3.05, 3.63) is 38.4 Å². The smallest absolute Gasteiger partial charge is 0.258 e. The number of nitro benzene ring substituents is 1. The molecule has 0 atom stereocenters. The maximum Gasteiger partial charge on any atom is 0.275 e. The standard InChI is InChI=1S/C8H7Cl2NO2/c1-5-2-6(4-9)8(11(12)13)3-7(5)10/h2-3H,4H2,1H3. The third-order valence-corrected chi connectivity index (χ3v) is 2.40. The summed E-state index contributed by atoms with van der Waals surface area (Å²) in [7, 11) is 0. The fraction of sp³-hybridized carbons (Fsp3) is 0.250. The first kappa shape index (κ1) is 10.3. The summed E-state index contributed by atoms with van der Waals surface area (Å²) in [4.78, 5) is 10.0. The van der Waals surface area contributed by atoms with Gasteiger partial charge in [0.25, 0.3) is 5.69 Å². The highest BCUT2D eigenvalue weighted by atomic mass is 35.5. The average Bonchev–Trinajstić information content (AvgIpc) is 2.08. The van der Waals surface area contributed by atoms with Gasteiger partial charge in [-0.2, -0.15) is 0 Å². The van der Waals surface area contributed by atoms with Crippen molar-refractivity contribution in [1.82, 2.24) is 0 Å². The van der Waals surface area contributed by atoms with Crippen LogP contribution in [0.5, 0.6) is 0 Å². The lowest BCUT2D eigenvalue weighted by Crippen LogP contribution is -1.94. The topological polar surface area (TPSA) is 43.1 Å². The summed E-state index contributed by atoms with van der Waals surface area (Å²) in [5, 5.41) is 10.9. The first-order valence-corrected chi connectivity index (χ1v) is 4.47. The Balaban J connectivity index is 3.33. The minimum atomic E-state index is -0.483. The second kappa shape index (κ2) is 3.94. The first-order valence-electron chi connectivity index (χ1n) is 3.55. The van der Waals surface area contributed by atoms with Crippen molar-refractivity contribution < 1.29 is 4.92 Å². The summed E-state index contributed by atoms with van der Waals surface area (Å²) in [6.07, 6.45) is 0. The van der Waals surface area contributed by atoms with Gasteiger partial charge in [-0.25, -0.2) is 0 Å². The molecule has 0 saturated carbocycles. The Kier molecular flexibility index (Phi) is 3.12. The number of rotatable bonds is 2. The molecule has 3 nitrogen and oxygen atoms in total. The second-order valence-electron chi connectivity index (χ2n) is 2.62. The van der Waals surface area contributed by atoms with Gasteiger partial charge in [0, 0.05) is 11.6 Å². The van der Waals surface area contributed by atoms with Gasteiger partial charge in [-0.1, -0.05) is 11.6 Å². The van der Waals surface area contributed by atoms with Crippen LogP contribution in [0, 0.1) is 17.0 Å². The summed E-state index contributed by atoms with van der Waals surface area (Å²) in [6, 6.07) is 2.96. The molecule has 5 heteroatoms. The highest BCUT2D eigenvalue weighted by molar-refractivity contribution is 6.31. The van der Waals surface area contributed by atoms with E-state index in [0.717, 1.165) is 5.56 Å². The molecule has 0 aliphatic rings. The van der Waals surface area contributed by atoms with Crippen LogP contribution < -0.4 is 0 Å².